The van der Waals surface area contributed by atoms with Gasteiger partial charge < -0.3 is 30.0 Å². The van der Waals surface area contributed by atoms with Gasteiger partial charge >= 0.3 is 0 Å². The smallest absolute Gasteiger partial charge is 0.191 e. The van der Waals surface area contributed by atoms with Gasteiger partial charge in [-0.15, -0.1) is 24.0 Å². The maximum atomic E-state index is 10.5. The van der Waals surface area contributed by atoms with Crippen molar-refractivity contribution in [2.24, 2.45) is 10.9 Å². The Balaban J connectivity index is 0.00000729. The molecule has 0 heterocycles. The number of benzene rings is 1. The van der Waals surface area contributed by atoms with Gasteiger partial charge in [0.05, 0.1) is 26.9 Å². The summed E-state index contributed by atoms with van der Waals surface area (Å²) >= 11 is 0. The highest BCUT2D eigenvalue weighted by atomic mass is 127. The number of rotatable bonds is 12. The van der Waals surface area contributed by atoms with Crippen LogP contribution in [0.1, 0.15) is 38.9 Å². The highest BCUT2D eigenvalue weighted by Gasteiger charge is 2.11. The van der Waals surface area contributed by atoms with Crippen LogP contribution in [-0.4, -0.2) is 58.1 Å². The topological polar surface area (TPSA) is 84.3 Å². The van der Waals surface area contributed by atoms with E-state index in [4.69, 9.17) is 14.2 Å². The van der Waals surface area contributed by atoms with Gasteiger partial charge in [-0.3, -0.25) is 4.99 Å². The van der Waals surface area contributed by atoms with Gasteiger partial charge in [0, 0.05) is 32.4 Å². The summed E-state index contributed by atoms with van der Waals surface area (Å²) in [6, 6.07) is 5.34. The summed E-state index contributed by atoms with van der Waals surface area (Å²) in [4.78, 5) is 4.47. The third-order valence-electron chi connectivity index (χ3n) is 3.73. The van der Waals surface area contributed by atoms with E-state index in [1.165, 1.54) is 0 Å². The van der Waals surface area contributed by atoms with Crippen molar-refractivity contribution in [2.45, 2.75) is 33.3 Å². The number of nitrogens with zero attached hydrogens (tertiary/aromatic N) is 1. The third-order valence-corrected chi connectivity index (χ3v) is 3.73. The minimum Gasteiger partial charge on any atom is -0.497 e. The summed E-state index contributed by atoms with van der Waals surface area (Å²) in [6.45, 7) is 9.52. The number of aliphatic hydroxyl groups is 1. The van der Waals surface area contributed by atoms with Crippen molar-refractivity contribution in [1.29, 1.82) is 0 Å². The Bertz CT molecular complexity index is 548. The van der Waals surface area contributed by atoms with E-state index in [2.05, 4.69) is 29.5 Å². The number of nitrogens with one attached hydrogen (secondary N) is 2. The van der Waals surface area contributed by atoms with Crippen molar-refractivity contribution < 1.29 is 19.3 Å². The number of aliphatic hydroxyl groups excluding tert-OH is 1. The molecule has 0 aliphatic rings. The number of ether oxygens (including phenoxy) is 3. The van der Waals surface area contributed by atoms with E-state index in [1.807, 2.05) is 6.92 Å². The average Bonchev–Trinajstić information content (AvgIpc) is 2.67. The first-order chi connectivity index (χ1) is 13.0. The van der Waals surface area contributed by atoms with Crippen LogP contribution in [0.5, 0.6) is 11.5 Å². The molecule has 28 heavy (non-hydrogen) atoms. The van der Waals surface area contributed by atoms with E-state index in [-0.39, 0.29) is 30.5 Å². The van der Waals surface area contributed by atoms with Gasteiger partial charge in [-0.1, -0.05) is 13.8 Å². The molecule has 1 atom stereocenters. The quantitative estimate of drug-likeness (QED) is 0.174. The number of hydrogen-bond donors (Lipinski definition) is 3. The van der Waals surface area contributed by atoms with Gasteiger partial charge in [0.25, 0.3) is 0 Å². The van der Waals surface area contributed by atoms with Crippen molar-refractivity contribution >= 4 is 29.9 Å². The summed E-state index contributed by atoms with van der Waals surface area (Å²) in [6.07, 6.45) is 0.145. The van der Waals surface area contributed by atoms with Gasteiger partial charge in [-0.05, 0) is 37.0 Å². The SMILES string of the molecule is CCNC(=NCC(O)c1cc(OC)cc(OC)c1)NCCCOCC(C)C.I. The lowest BCUT2D eigenvalue weighted by Gasteiger charge is -2.15. The second kappa shape index (κ2) is 15.6. The Morgan fingerprint density at radius 2 is 1.75 bits per heavy atom. The van der Waals surface area contributed by atoms with Crippen molar-refractivity contribution in [2.75, 3.05) is 47.1 Å². The standard InChI is InChI=1S/C20H35N3O4.HI/c1-6-21-20(22-8-7-9-27-14-15(2)3)23-13-19(24)16-10-17(25-4)12-18(11-16)26-5;/h10-12,15,19,24H,6-9,13-14H2,1-5H3,(H2,21,22,23);1H. The predicted molar refractivity (Wildman–Crippen MR) is 124 cm³/mol. The first kappa shape index (κ1) is 26.7. The molecule has 1 aromatic carbocycles. The first-order valence-corrected chi connectivity index (χ1v) is 9.51. The van der Waals surface area contributed by atoms with Crippen LogP contribution in [-0.2, 0) is 4.74 Å². The molecule has 0 aromatic heterocycles. The summed E-state index contributed by atoms with van der Waals surface area (Å²) in [5.41, 5.74) is 0.702. The molecule has 0 spiro atoms. The molecule has 8 heteroatoms. The van der Waals surface area contributed by atoms with Crippen molar-refractivity contribution in [3.05, 3.63) is 23.8 Å². The Morgan fingerprint density at radius 1 is 1.11 bits per heavy atom. The van der Waals surface area contributed by atoms with Gasteiger partial charge in [0.15, 0.2) is 5.96 Å². The highest BCUT2D eigenvalue weighted by molar-refractivity contribution is 14.0. The molecule has 0 fully saturated rings. The van der Waals surface area contributed by atoms with Crippen molar-refractivity contribution in [3.8, 4) is 11.5 Å². The number of guanidine groups is 1. The lowest BCUT2D eigenvalue weighted by atomic mass is 10.1. The molecular weight excluding hydrogens is 473 g/mol. The Morgan fingerprint density at radius 3 is 2.29 bits per heavy atom. The average molecular weight is 509 g/mol. The van der Waals surface area contributed by atoms with E-state index < -0.39 is 6.10 Å². The summed E-state index contributed by atoms with van der Waals surface area (Å²) in [5, 5.41) is 16.9. The molecular formula is C20H36IN3O4. The maximum Gasteiger partial charge on any atom is 0.191 e. The zero-order valence-electron chi connectivity index (χ0n) is 17.7. The fraction of sp³-hybridized carbons (Fsp3) is 0.650. The van der Waals surface area contributed by atoms with Crippen LogP contribution in [0.25, 0.3) is 0 Å². The second-order valence-electron chi connectivity index (χ2n) is 6.63. The highest BCUT2D eigenvalue weighted by Crippen LogP contribution is 2.26. The van der Waals surface area contributed by atoms with Crippen LogP contribution in [0.2, 0.25) is 0 Å². The lowest BCUT2D eigenvalue weighted by Crippen LogP contribution is -2.38. The van der Waals surface area contributed by atoms with Gasteiger partial charge in [0.2, 0.25) is 0 Å². The minimum absolute atomic E-state index is 0. The monoisotopic (exact) mass is 509 g/mol. The molecule has 0 saturated carbocycles. The number of halogens is 1. The molecule has 0 radical (unpaired) electrons. The first-order valence-electron chi connectivity index (χ1n) is 9.51. The van der Waals surface area contributed by atoms with Crippen LogP contribution in [0, 0.1) is 5.92 Å². The molecule has 0 aliphatic heterocycles. The number of aliphatic imine (C=N–C) groups is 1. The number of hydrogen-bond acceptors (Lipinski definition) is 5. The van der Waals surface area contributed by atoms with Crippen LogP contribution < -0.4 is 20.1 Å². The predicted octanol–water partition coefficient (Wildman–Crippen LogP) is 2.97. The zero-order valence-corrected chi connectivity index (χ0v) is 20.0. The summed E-state index contributed by atoms with van der Waals surface area (Å²) < 4.78 is 16.1. The molecule has 1 unspecified atom stereocenters. The number of methoxy groups -OCH3 is 2. The molecule has 7 nitrogen and oxygen atoms in total. The lowest BCUT2D eigenvalue weighted by molar-refractivity contribution is 0.108. The van der Waals surface area contributed by atoms with E-state index >= 15 is 0 Å². The van der Waals surface area contributed by atoms with Crippen LogP contribution in [0.15, 0.2) is 23.2 Å². The van der Waals surface area contributed by atoms with Crippen LogP contribution >= 0.6 is 24.0 Å². The van der Waals surface area contributed by atoms with Crippen LogP contribution in [0.3, 0.4) is 0 Å². The third kappa shape index (κ3) is 10.9. The van der Waals surface area contributed by atoms with Crippen molar-refractivity contribution in [1.82, 2.24) is 10.6 Å². The zero-order chi connectivity index (χ0) is 20.1. The van der Waals surface area contributed by atoms with Gasteiger partial charge in [-0.25, -0.2) is 0 Å². The molecule has 1 aromatic rings. The molecule has 1 rings (SSSR count). The Kier molecular flexibility index (Phi) is 14.9. The molecule has 0 bridgehead atoms. The van der Waals surface area contributed by atoms with Crippen LogP contribution in [0.4, 0.5) is 0 Å². The maximum absolute atomic E-state index is 10.5. The van der Waals surface area contributed by atoms with Crippen molar-refractivity contribution in [3.63, 3.8) is 0 Å². The molecule has 162 valence electrons. The van der Waals surface area contributed by atoms with E-state index in [1.54, 1.807) is 32.4 Å². The van der Waals surface area contributed by atoms with E-state index in [0.29, 0.717) is 28.9 Å². The fourth-order valence-corrected chi connectivity index (χ4v) is 2.35. The minimum atomic E-state index is -0.751. The van der Waals surface area contributed by atoms with E-state index in [0.717, 1.165) is 32.7 Å². The molecule has 0 aliphatic carbocycles. The largest absolute Gasteiger partial charge is 0.497 e. The normalized spacial score (nSPS) is 12.3. The Hall–Kier alpha value is -1.26. The summed E-state index contributed by atoms with van der Waals surface area (Å²) in [7, 11) is 3.17. The van der Waals surface area contributed by atoms with E-state index in [9.17, 15) is 5.11 Å². The molecule has 3 N–H and O–H groups in total. The fourth-order valence-electron chi connectivity index (χ4n) is 2.35. The molecule has 0 saturated heterocycles. The van der Waals surface area contributed by atoms with Gasteiger partial charge in [-0.2, -0.15) is 0 Å². The Labute approximate surface area is 186 Å². The second-order valence-corrected chi connectivity index (χ2v) is 6.63. The van der Waals surface area contributed by atoms with Gasteiger partial charge in [0.1, 0.15) is 11.5 Å². The summed E-state index contributed by atoms with van der Waals surface area (Å²) in [5.74, 6) is 2.50. The molecule has 0 amide bonds.